The molecule has 0 fully saturated rings. The number of amides is 1. The number of benzene rings is 2. The van der Waals surface area contributed by atoms with Gasteiger partial charge in [-0.3, -0.25) is 9.20 Å². The molecule has 0 aliphatic heterocycles. The van der Waals surface area contributed by atoms with Crippen molar-refractivity contribution in [3.8, 4) is 17.1 Å². The Morgan fingerprint density at radius 2 is 1.88 bits per heavy atom. The van der Waals surface area contributed by atoms with Crippen LogP contribution in [0.2, 0.25) is 5.02 Å². The normalized spacial score (nSPS) is 12.0. The maximum atomic E-state index is 12.6. The lowest BCUT2D eigenvalue weighted by Crippen LogP contribution is -2.30. The third-order valence-electron chi connectivity index (χ3n) is 4.78. The molecule has 0 spiro atoms. The smallest absolute Gasteiger partial charge is 0.251 e. The molecule has 7 nitrogen and oxygen atoms in total. The van der Waals surface area contributed by atoms with Crippen LogP contribution in [0.4, 0.5) is 0 Å². The number of carbonyl (C=O) groups excluding carboxylic acids is 1. The van der Waals surface area contributed by atoms with E-state index in [1.807, 2.05) is 70.2 Å². The minimum atomic E-state index is -0.357. The molecule has 0 radical (unpaired) electrons. The van der Waals surface area contributed by atoms with Crippen LogP contribution in [-0.4, -0.2) is 37.1 Å². The molecular weight excluding hydrogens is 426 g/mol. The first-order valence-electron chi connectivity index (χ1n) is 10.5. The van der Waals surface area contributed by atoms with Crippen LogP contribution in [0.15, 0.2) is 36.4 Å². The fourth-order valence-electron chi connectivity index (χ4n) is 3.53. The first-order chi connectivity index (χ1) is 15.0. The largest absolute Gasteiger partial charge is 0.488 e. The average Bonchev–Trinajstić information content (AvgIpc) is 3.13. The van der Waals surface area contributed by atoms with E-state index in [-0.39, 0.29) is 17.6 Å². The summed E-state index contributed by atoms with van der Waals surface area (Å²) < 4.78 is 7.92. The van der Waals surface area contributed by atoms with Gasteiger partial charge in [0, 0.05) is 17.2 Å². The fourth-order valence-corrected chi connectivity index (χ4v) is 3.73. The number of hydrogen-bond acceptors (Lipinski definition) is 5. The minimum absolute atomic E-state index is 0.0317. The van der Waals surface area contributed by atoms with Crippen molar-refractivity contribution >= 4 is 34.2 Å². The molecule has 0 aliphatic carbocycles. The molecule has 2 aromatic carbocycles. The Bertz CT molecular complexity index is 1340. The van der Waals surface area contributed by atoms with Gasteiger partial charge in [0.25, 0.3) is 5.91 Å². The van der Waals surface area contributed by atoms with Gasteiger partial charge in [0.1, 0.15) is 11.4 Å². The summed E-state index contributed by atoms with van der Waals surface area (Å²) in [6.45, 7) is 11.7. The van der Waals surface area contributed by atoms with E-state index >= 15 is 0 Å². The lowest BCUT2D eigenvalue weighted by atomic mass is 10.1. The summed E-state index contributed by atoms with van der Waals surface area (Å²) in [6.07, 6.45) is 0. The average molecular weight is 452 g/mol. The van der Waals surface area contributed by atoms with Gasteiger partial charge < -0.3 is 10.1 Å². The predicted molar refractivity (Wildman–Crippen MR) is 126 cm³/mol. The van der Waals surface area contributed by atoms with Crippen LogP contribution in [0, 0.1) is 6.92 Å². The Hall–Kier alpha value is -3.19. The lowest BCUT2D eigenvalue weighted by molar-refractivity contribution is 0.0943. The molecule has 0 saturated carbocycles. The monoisotopic (exact) mass is 451 g/mol. The van der Waals surface area contributed by atoms with E-state index in [2.05, 4.69) is 20.5 Å². The number of aromatic nitrogens is 4. The molecule has 8 heteroatoms. The van der Waals surface area contributed by atoms with E-state index in [1.165, 1.54) is 0 Å². The van der Waals surface area contributed by atoms with Crippen LogP contribution in [0.1, 0.15) is 50.7 Å². The number of nitrogens with zero attached hydrogens (tertiary/aromatic N) is 4. The molecule has 0 unspecified atom stereocenters. The number of carbonyl (C=O) groups is 1. The van der Waals surface area contributed by atoms with Gasteiger partial charge in [-0.05, 0) is 77.9 Å². The third kappa shape index (κ3) is 4.25. The highest BCUT2D eigenvalue weighted by Gasteiger charge is 2.20. The molecule has 0 aliphatic rings. The van der Waals surface area contributed by atoms with Gasteiger partial charge in [-0.15, -0.1) is 10.2 Å². The second-order valence-corrected chi connectivity index (χ2v) is 9.47. The second-order valence-electron chi connectivity index (χ2n) is 9.07. The highest BCUT2D eigenvalue weighted by Crippen LogP contribution is 2.33. The number of ether oxygens (including phenoxy) is 1. The summed E-state index contributed by atoms with van der Waals surface area (Å²) >= 11 is 6.57. The van der Waals surface area contributed by atoms with Crippen molar-refractivity contribution in [1.29, 1.82) is 0 Å². The molecule has 4 aromatic rings. The van der Waals surface area contributed by atoms with E-state index in [0.29, 0.717) is 33.4 Å². The van der Waals surface area contributed by atoms with Gasteiger partial charge >= 0.3 is 0 Å². The van der Waals surface area contributed by atoms with Crippen molar-refractivity contribution in [2.45, 2.75) is 53.2 Å². The first-order valence-corrected chi connectivity index (χ1v) is 10.9. The van der Waals surface area contributed by atoms with Crippen molar-refractivity contribution in [3.63, 3.8) is 0 Å². The Morgan fingerprint density at radius 3 is 2.56 bits per heavy atom. The number of aryl methyl sites for hydroxylation is 1. The summed E-state index contributed by atoms with van der Waals surface area (Å²) in [5.74, 6) is 1.09. The predicted octanol–water partition coefficient (Wildman–Crippen LogP) is 5.22. The standard InChI is InChI=1S/C24H26ClN5O2/c1-13(2)26-23(31)15-7-10-19-20(11-15)30-21(14(3)27-19)28-29-22(30)17-12-16(8-9-18(17)25)32-24(4,5)6/h7-13H,1-6H3,(H,26,31). The van der Waals surface area contributed by atoms with Crippen molar-refractivity contribution < 1.29 is 9.53 Å². The highest BCUT2D eigenvalue weighted by molar-refractivity contribution is 6.33. The zero-order valence-electron chi connectivity index (χ0n) is 19.0. The molecule has 0 bridgehead atoms. The molecule has 1 amide bonds. The Kier molecular flexibility index (Phi) is 5.54. The van der Waals surface area contributed by atoms with E-state index in [9.17, 15) is 4.79 Å². The fraction of sp³-hybridized carbons (Fsp3) is 0.333. The number of fused-ring (bicyclic) bond motifs is 3. The molecule has 0 atom stereocenters. The summed E-state index contributed by atoms with van der Waals surface area (Å²) in [7, 11) is 0. The van der Waals surface area contributed by atoms with Crippen LogP contribution in [0.5, 0.6) is 5.75 Å². The molecule has 2 heterocycles. The molecule has 1 N–H and O–H groups in total. The molecule has 32 heavy (non-hydrogen) atoms. The van der Waals surface area contributed by atoms with E-state index in [0.717, 1.165) is 16.7 Å². The van der Waals surface area contributed by atoms with E-state index in [4.69, 9.17) is 16.3 Å². The lowest BCUT2D eigenvalue weighted by Gasteiger charge is -2.21. The number of halogens is 1. The summed E-state index contributed by atoms with van der Waals surface area (Å²) in [4.78, 5) is 17.3. The number of rotatable bonds is 4. The van der Waals surface area contributed by atoms with Crippen molar-refractivity contribution in [2.24, 2.45) is 0 Å². The zero-order valence-corrected chi connectivity index (χ0v) is 19.8. The number of hydrogen-bond donors (Lipinski definition) is 1. The molecule has 0 saturated heterocycles. The minimum Gasteiger partial charge on any atom is -0.488 e. The highest BCUT2D eigenvalue weighted by atomic mass is 35.5. The van der Waals surface area contributed by atoms with Crippen LogP contribution in [0.3, 0.4) is 0 Å². The van der Waals surface area contributed by atoms with E-state index in [1.54, 1.807) is 12.1 Å². The second kappa shape index (κ2) is 8.06. The summed E-state index contributed by atoms with van der Waals surface area (Å²) in [6, 6.07) is 10.9. The van der Waals surface area contributed by atoms with Crippen LogP contribution in [-0.2, 0) is 0 Å². The van der Waals surface area contributed by atoms with Crippen LogP contribution in [0.25, 0.3) is 28.1 Å². The van der Waals surface area contributed by atoms with Gasteiger partial charge in [-0.25, -0.2) is 4.98 Å². The Labute approximate surface area is 191 Å². The third-order valence-corrected chi connectivity index (χ3v) is 5.11. The van der Waals surface area contributed by atoms with Gasteiger partial charge in [-0.1, -0.05) is 11.6 Å². The van der Waals surface area contributed by atoms with Gasteiger partial charge in [-0.2, -0.15) is 0 Å². The molecule has 4 rings (SSSR count). The first kappa shape index (κ1) is 22.0. The SMILES string of the molecule is Cc1nc2ccc(C(=O)NC(C)C)cc2n2c(-c3cc(OC(C)(C)C)ccc3Cl)nnc12. The summed E-state index contributed by atoms with van der Waals surface area (Å²) in [5, 5.41) is 12.2. The zero-order chi connectivity index (χ0) is 23.2. The maximum Gasteiger partial charge on any atom is 0.251 e. The van der Waals surface area contributed by atoms with Gasteiger partial charge in [0.15, 0.2) is 11.5 Å². The van der Waals surface area contributed by atoms with Crippen molar-refractivity contribution in [2.75, 3.05) is 0 Å². The Balaban J connectivity index is 1.95. The van der Waals surface area contributed by atoms with Crippen molar-refractivity contribution in [3.05, 3.63) is 52.7 Å². The topological polar surface area (TPSA) is 81.4 Å². The van der Waals surface area contributed by atoms with Crippen LogP contribution >= 0.6 is 11.6 Å². The quantitative estimate of drug-likeness (QED) is 0.460. The molecule has 166 valence electrons. The van der Waals surface area contributed by atoms with Gasteiger partial charge in [0.05, 0.1) is 21.7 Å². The van der Waals surface area contributed by atoms with Crippen molar-refractivity contribution in [1.82, 2.24) is 24.9 Å². The van der Waals surface area contributed by atoms with Gasteiger partial charge in [0.2, 0.25) is 0 Å². The molecular formula is C24H26ClN5O2. The number of nitrogens with one attached hydrogen (secondary N) is 1. The molecule has 2 aromatic heterocycles. The summed E-state index contributed by atoms with van der Waals surface area (Å²) in [5.41, 5.74) is 3.65. The van der Waals surface area contributed by atoms with E-state index < -0.39 is 0 Å². The Morgan fingerprint density at radius 1 is 1.12 bits per heavy atom. The maximum absolute atomic E-state index is 12.6. The van der Waals surface area contributed by atoms with Crippen LogP contribution < -0.4 is 10.1 Å².